The van der Waals surface area contributed by atoms with Gasteiger partial charge in [-0.2, -0.15) is 0 Å². The van der Waals surface area contributed by atoms with Crippen molar-refractivity contribution in [1.29, 1.82) is 0 Å². The van der Waals surface area contributed by atoms with Gasteiger partial charge in [-0.05, 0) is 30.7 Å². The average Bonchev–Trinajstić information content (AvgIpc) is 2.95. The van der Waals surface area contributed by atoms with E-state index in [-0.39, 0.29) is 11.5 Å². The van der Waals surface area contributed by atoms with E-state index in [0.717, 1.165) is 18.7 Å². The first kappa shape index (κ1) is 13.6. The number of fused-ring (bicyclic) bond motifs is 2. The second-order valence-corrected chi connectivity index (χ2v) is 6.02. The number of rotatable bonds is 1. The molecule has 0 aliphatic carbocycles. The standard InChI is InChI=1S/C17H14ClNO3/c18-14-3-1-2-13-16(21)12-5-4-10(8-15(12)22-17(13)14)19-7-6-11(20)9-19/h1-5,8,11,20H,6-7,9H2/t11-/m1/s1. The summed E-state index contributed by atoms with van der Waals surface area (Å²) < 4.78 is 5.86. The van der Waals surface area contributed by atoms with Gasteiger partial charge in [0.25, 0.3) is 0 Å². The molecule has 4 nitrogen and oxygen atoms in total. The zero-order valence-electron chi connectivity index (χ0n) is 11.8. The molecule has 4 rings (SSSR count). The first-order valence-corrected chi connectivity index (χ1v) is 7.59. The van der Waals surface area contributed by atoms with E-state index in [1.165, 1.54) is 0 Å². The SMILES string of the molecule is O=c1c2ccc(N3CC[C@@H](O)C3)cc2oc2c(Cl)cccc12. The summed E-state index contributed by atoms with van der Waals surface area (Å²) in [6, 6.07) is 10.7. The Kier molecular flexibility index (Phi) is 3.10. The molecule has 3 aromatic rings. The number of β-amino-alcohol motifs (C(OH)–C–C–N with tert-alkyl or cyclic N) is 1. The van der Waals surface area contributed by atoms with Gasteiger partial charge in [0.2, 0.25) is 5.43 Å². The third-order valence-corrected chi connectivity index (χ3v) is 4.46. The van der Waals surface area contributed by atoms with Crippen molar-refractivity contribution in [3.63, 3.8) is 0 Å². The Balaban J connectivity index is 1.94. The molecule has 22 heavy (non-hydrogen) atoms. The molecule has 2 heterocycles. The molecule has 0 amide bonds. The number of anilines is 1. The Morgan fingerprint density at radius 3 is 2.86 bits per heavy atom. The minimum atomic E-state index is -0.297. The molecule has 2 aromatic carbocycles. The lowest BCUT2D eigenvalue weighted by Crippen LogP contribution is -2.21. The summed E-state index contributed by atoms with van der Waals surface area (Å²) in [5.41, 5.74) is 1.80. The van der Waals surface area contributed by atoms with E-state index < -0.39 is 0 Å². The van der Waals surface area contributed by atoms with E-state index in [1.807, 2.05) is 12.1 Å². The molecular weight excluding hydrogens is 302 g/mol. The Morgan fingerprint density at radius 2 is 2.09 bits per heavy atom. The molecule has 1 aliphatic rings. The van der Waals surface area contributed by atoms with Gasteiger partial charge >= 0.3 is 0 Å². The summed E-state index contributed by atoms with van der Waals surface area (Å²) in [4.78, 5) is 14.6. The van der Waals surface area contributed by atoms with Crippen LogP contribution in [0.15, 0.2) is 45.6 Å². The Morgan fingerprint density at radius 1 is 1.23 bits per heavy atom. The monoisotopic (exact) mass is 315 g/mol. The summed E-state index contributed by atoms with van der Waals surface area (Å²) in [6.45, 7) is 1.40. The van der Waals surface area contributed by atoms with Crippen LogP contribution in [0.5, 0.6) is 0 Å². The van der Waals surface area contributed by atoms with E-state index in [2.05, 4.69) is 4.90 Å². The van der Waals surface area contributed by atoms with Crippen LogP contribution in [-0.2, 0) is 0 Å². The number of hydrogen-bond acceptors (Lipinski definition) is 4. The highest BCUT2D eigenvalue weighted by Crippen LogP contribution is 2.28. The van der Waals surface area contributed by atoms with Crippen molar-refractivity contribution in [1.82, 2.24) is 0 Å². The van der Waals surface area contributed by atoms with Crippen molar-refractivity contribution in [2.75, 3.05) is 18.0 Å². The van der Waals surface area contributed by atoms with Crippen LogP contribution in [0.25, 0.3) is 21.9 Å². The van der Waals surface area contributed by atoms with Gasteiger partial charge in [0.15, 0.2) is 5.58 Å². The minimum Gasteiger partial charge on any atom is -0.454 e. The van der Waals surface area contributed by atoms with Gasteiger partial charge in [-0.15, -0.1) is 0 Å². The van der Waals surface area contributed by atoms with Gasteiger partial charge in [-0.1, -0.05) is 17.7 Å². The van der Waals surface area contributed by atoms with Crippen molar-refractivity contribution < 1.29 is 9.52 Å². The van der Waals surface area contributed by atoms with Crippen LogP contribution >= 0.6 is 11.6 Å². The van der Waals surface area contributed by atoms with E-state index in [0.29, 0.717) is 33.5 Å². The van der Waals surface area contributed by atoms with Crippen LogP contribution in [0, 0.1) is 0 Å². The zero-order chi connectivity index (χ0) is 15.3. The first-order valence-electron chi connectivity index (χ1n) is 7.21. The maximum absolute atomic E-state index is 12.6. The highest BCUT2D eigenvalue weighted by Gasteiger charge is 2.21. The average molecular weight is 316 g/mol. The molecule has 0 saturated carbocycles. The summed E-state index contributed by atoms with van der Waals surface area (Å²) in [7, 11) is 0. The van der Waals surface area contributed by atoms with E-state index >= 15 is 0 Å². The fourth-order valence-corrected chi connectivity index (χ4v) is 3.22. The molecule has 1 aliphatic heterocycles. The number of hydrogen-bond donors (Lipinski definition) is 1. The predicted octanol–water partition coefficient (Wildman–Crippen LogP) is 3.17. The van der Waals surface area contributed by atoms with Crippen LogP contribution in [0.1, 0.15) is 6.42 Å². The minimum absolute atomic E-state index is 0.0771. The fraction of sp³-hybridized carbons (Fsp3) is 0.235. The summed E-state index contributed by atoms with van der Waals surface area (Å²) in [5.74, 6) is 0. The highest BCUT2D eigenvalue weighted by molar-refractivity contribution is 6.34. The van der Waals surface area contributed by atoms with Crippen molar-refractivity contribution >= 4 is 39.2 Å². The van der Waals surface area contributed by atoms with Crippen molar-refractivity contribution in [2.45, 2.75) is 12.5 Å². The molecule has 112 valence electrons. The van der Waals surface area contributed by atoms with Crippen LogP contribution < -0.4 is 10.3 Å². The number of aliphatic hydroxyl groups excluding tert-OH is 1. The lowest BCUT2D eigenvalue weighted by atomic mass is 10.1. The van der Waals surface area contributed by atoms with Crippen molar-refractivity contribution in [3.8, 4) is 0 Å². The van der Waals surface area contributed by atoms with Gasteiger partial charge < -0.3 is 14.4 Å². The second kappa shape index (κ2) is 5.00. The van der Waals surface area contributed by atoms with Crippen LogP contribution in [0.3, 0.4) is 0 Å². The number of halogens is 1. The molecule has 1 fully saturated rings. The molecule has 0 radical (unpaired) electrons. The topological polar surface area (TPSA) is 53.7 Å². The second-order valence-electron chi connectivity index (χ2n) is 5.62. The lowest BCUT2D eigenvalue weighted by Gasteiger charge is -2.18. The van der Waals surface area contributed by atoms with Gasteiger partial charge in [0, 0.05) is 24.8 Å². The summed E-state index contributed by atoms with van der Waals surface area (Å²) >= 11 is 6.14. The van der Waals surface area contributed by atoms with E-state index in [1.54, 1.807) is 24.3 Å². The van der Waals surface area contributed by atoms with Crippen LogP contribution in [0.2, 0.25) is 5.02 Å². The number of nitrogens with zero attached hydrogens (tertiary/aromatic N) is 1. The smallest absolute Gasteiger partial charge is 0.200 e. The van der Waals surface area contributed by atoms with Gasteiger partial charge in [-0.25, -0.2) is 0 Å². The number of para-hydroxylation sites is 1. The van der Waals surface area contributed by atoms with Crippen molar-refractivity contribution in [3.05, 3.63) is 51.6 Å². The normalized spacial score (nSPS) is 18.5. The molecule has 1 atom stereocenters. The maximum atomic E-state index is 12.6. The number of benzene rings is 2. The summed E-state index contributed by atoms with van der Waals surface area (Å²) in [5, 5.41) is 11.1. The predicted molar refractivity (Wildman–Crippen MR) is 87.8 cm³/mol. The van der Waals surface area contributed by atoms with E-state index in [4.69, 9.17) is 16.0 Å². The quantitative estimate of drug-likeness (QED) is 0.701. The largest absolute Gasteiger partial charge is 0.454 e. The molecule has 1 aromatic heterocycles. The molecule has 0 spiro atoms. The molecule has 0 unspecified atom stereocenters. The van der Waals surface area contributed by atoms with Crippen molar-refractivity contribution in [2.24, 2.45) is 0 Å². The molecular formula is C17H14ClNO3. The Hall–Kier alpha value is -2.04. The zero-order valence-corrected chi connectivity index (χ0v) is 12.5. The molecule has 1 N–H and O–H groups in total. The highest BCUT2D eigenvalue weighted by atomic mass is 35.5. The molecule has 1 saturated heterocycles. The third kappa shape index (κ3) is 2.07. The molecule has 0 bridgehead atoms. The van der Waals surface area contributed by atoms with Gasteiger partial charge in [0.1, 0.15) is 5.58 Å². The van der Waals surface area contributed by atoms with Gasteiger partial charge in [0.05, 0.1) is 21.9 Å². The van der Waals surface area contributed by atoms with Gasteiger partial charge in [-0.3, -0.25) is 4.79 Å². The first-order chi connectivity index (χ1) is 10.6. The Bertz CT molecular complexity index is 934. The molecule has 5 heteroatoms. The number of aliphatic hydroxyl groups is 1. The fourth-order valence-electron chi connectivity index (χ4n) is 3.00. The third-order valence-electron chi connectivity index (χ3n) is 4.16. The maximum Gasteiger partial charge on any atom is 0.200 e. The van der Waals surface area contributed by atoms with E-state index in [9.17, 15) is 9.90 Å². The van der Waals surface area contributed by atoms with Crippen LogP contribution in [0.4, 0.5) is 5.69 Å². The summed E-state index contributed by atoms with van der Waals surface area (Å²) in [6.07, 6.45) is 0.458. The Labute approximate surface area is 131 Å². The lowest BCUT2D eigenvalue weighted by molar-refractivity contribution is 0.198. The van der Waals surface area contributed by atoms with Crippen LogP contribution in [-0.4, -0.2) is 24.3 Å².